The average Bonchev–Trinajstić information content (AvgIpc) is 1.63. The van der Waals surface area contributed by atoms with Crippen LogP contribution in [0.3, 0.4) is 0 Å². The predicted molar refractivity (Wildman–Crippen MR) is 39.5 cm³/mol. The maximum absolute atomic E-state index is 6.97. The molecule has 0 aromatic rings. The molecule has 0 radical (unpaired) electrons. The van der Waals surface area contributed by atoms with E-state index in [2.05, 4.69) is 10.9 Å². The molecule has 0 aliphatic heterocycles. The van der Waals surface area contributed by atoms with Crippen molar-refractivity contribution in [3.05, 3.63) is 11.2 Å². The van der Waals surface area contributed by atoms with E-state index in [0.717, 1.165) is 0 Å². The first kappa shape index (κ1) is 8.46. The van der Waals surface area contributed by atoms with E-state index in [4.69, 9.17) is 17.0 Å². The Hall–Kier alpha value is -0.540. The molecule has 0 heterocycles. The minimum atomic E-state index is 0.419. The highest BCUT2D eigenvalue weighted by molar-refractivity contribution is 6.30. The molecule has 0 saturated heterocycles. The minimum absolute atomic E-state index is 0.419. The molecule has 0 atom stereocenters. The highest BCUT2D eigenvalue weighted by Gasteiger charge is 1.86. The summed E-state index contributed by atoms with van der Waals surface area (Å²) in [5.41, 5.74) is 5.66. The fraction of sp³-hybridized carbons (Fsp3) is 0.400. The van der Waals surface area contributed by atoms with Gasteiger partial charge in [0, 0.05) is 12.8 Å². The Morgan fingerprint density at radius 3 is 2.56 bits per heavy atom. The molecule has 0 aliphatic rings. The monoisotopic (exact) mass is 147 g/mol. The van der Waals surface area contributed by atoms with Gasteiger partial charge in [-0.15, -0.1) is 0 Å². The molecule has 4 heteroatoms. The topological polar surface area (TPSA) is 47.9 Å². The lowest BCUT2D eigenvalue weighted by molar-refractivity contribution is 0.719. The second-order valence-electron chi connectivity index (χ2n) is 1.55. The van der Waals surface area contributed by atoms with Crippen LogP contribution in [0.1, 0.15) is 6.92 Å². The fourth-order valence-corrected chi connectivity index (χ4v) is 0.604. The van der Waals surface area contributed by atoms with Crippen LogP contribution in [0.5, 0.6) is 0 Å². The molecule has 9 heavy (non-hydrogen) atoms. The zero-order chi connectivity index (χ0) is 7.28. The van der Waals surface area contributed by atoms with Gasteiger partial charge in [0.25, 0.3) is 0 Å². The third-order valence-electron chi connectivity index (χ3n) is 0.588. The second-order valence-corrected chi connectivity index (χ2v) is 1.96. The van der Waals surface area contributed by atoms with E-state index in [-0.39, 0.29) is 0 Å². The molecule has 3 nitrogen and oxygen atoms in total. The molecular formula is C5H10ClN3. The minimum Gasteiger partial charge on any atom is -0.312 e. The molecule has 0 spiro atoms. The molecule has 3 N–H and O–H groups in total. The Labute approximate surface area is 59.6 Å². The SMILES string of the molecule is CNN/C(Cl)=C\C(C)=N. The van der Waals surface area contributed by atoms with Gasteiger partial charge in [-0.25, -0.2) is 5.43 Å². The summed E-state index contributed by atoms with van der Waals surface area (Å²) in [4.78, 5) is 0. The fourth-order valence-electron chi connectivity index (χ4n) is 0.346. The lowest BCUT2D eigenvalue weighted by Gasteiger charge is -1.98. The van der Waals surface area contributed by atoms with E-state index in [1.165, 1.54) is 6.08 Å². The number of hydrogen-bond donors (Lipinski definition) is 3. The number of nitrogens with one attached hydrogen (secondary N) is 3. The van der Waals surface area contributed by atoms with Crippen LogP contribution >= 0.6 is 11.6 Å². The second kappa shape index (κ2) is 4.35. The van der Waals surface area contributed by atoms with Crippen molar-refractivity contribution in [3.63, 3.8) is 0 Å². The summed E-state index contributed by atoms with van der Waals surface area (Å²) in [5.74, 6) is 0. The van der Waals surface area contributed by atoms with Gasteiger partial charge in [-0.1, -0.05) is 11.6 Å². The molecule has 0 bridgehead atoms. The third-order valence-corrected chi connectivity index (χ3v) is 0.791. The molecule has 52 valence electrons. The summed E-state index contributed by atoms with van der Waals surface area (Å²) < 4.78 is 0. The molecule has 0 aromatic carbocycles. The lowest BCUT2D eigenvalue weighted by atomic mass is 10.4. The number of halogens is 1. The van der Waals surface area contributed by atoms with Crippen molar-refractivity contribution < 1.29 is 0 Å². The van der Waals surface area contributed by atoms with E-state index >= 15 is 0 Å². The summed E-state index contributed by atoms with van der Waals surface area (Å²) in [6, 6.07) is 0. The van der Waals surface area contributed by atoms with E-state index < -0.39 is 0 Å². The predicted octanol–water partition coefficient (Wildman–Crippen LogP) is 0.830. The van der Waals surface area contributed by atoms with Gasteiger partial charge < -0.3 is 10.8 Å². The average molecular weight is 148 g/mol. The number of rotatable bonds is 3. The highest BCUT2D eigenvalue weighted by Crippen LogP contribution is 1.92. The normalized spacial score (nSPS) is 11.2. The summed E-state index contributed by atoms with van der Waals surface area (Å²) in [6.07, 6.45) is 1.51. The van der Waals surface area contributed by atoms with E-state index in [9.17, 15) is 0 Å². The van der Waals surface area contributed by atoms with Crippen LogP contribution in [0, 0.1) is 5.41 Å². The Balaban J connectivity index is 3.69. The molecule has 0 aromatic heterocycles. The van der Waals surface area contributed by atoms with Gasteiger partial charge in [0.1, 0.15) is 5.16 Å². The number of hydrogen-bond acceptors (Lipinski definition) is 3. The van der Waals surface area contributed by atoms with Crippen molar-refractivity contribution in [1.29, 1.82) is 5.41 Å². The molecule has 0 rings (SSSR count). The van der Waals surface area contributed by atoms with Crippen LogP contribution in [-0.4, -0.2) is 12.8 Å². The quantitative estimate of drug-likeness (QED) is 0.315. The smallest absolute Gasteiger partial charge is 0.118 e. The zero-order valence-electron chi connectivity index (χ0n) is 5.46. The van der Waals surface area contributed by atoms with Gasteiger partial charge in [0.05, 0.1) is 0 Å². The van der Waals surface area contributed by atoms with Crippen molar-refractivity contribution in [2.45, 2.75) is 6.92 Å². The van der Waals surface area contributed by atoms with Crippen LogP contribution in [-0.2, 0) is 0 Å². The van der Waals surface area contributed by atoms with Crippen LogP contribution in [0.2, 0.25) is 0 Å². The van der Waals surface area contributed by atoms with Crippen molar-refractivity contribution >= 4 is 17.3 Å². The standard InChI is InChI=1S/C5H10ClN3/c1-4(7)3-5(6)9-8-2/h3,7-9H,1-2H3/b5-3-,7-4?. The van der Waals surface area contributed by atoms with Gasteiger partial charge in [0.2, 0.25) is 0 Å². The Morgan fingerprint density at radius 1 is 1.67 bits per heavy atom. The first-order valence-electron chi connectivity index (χ1n) is 2.52. The van der Waals surface area contributed by atoms with Crippen molar-refractivity contribution in [3.8, 4) is 0 Å². The van der Waals surface area contributed by atoms with Gasteiger partial charge in [0.15, 0.2) is 0 Å². The molecule has 0 fully saturated rings. The van der Waals surface area contributed by atoms with Crippen LogP contribution in [0.25, 0.3) is 0 Å². The molecule has 0 unspecified atom stereocenters. The Bertz CT molecular complexity index is 130. The van der Waals surface area contributed by atoms with Gasteiger partial charge >= 0.3 is 0 Å². The van der Waals surface area contributed by atoms with E-state index in [1.54, 1.807) is 14.0 Å². The molecular weight excluding hydrogens is 138 g/mol. The molecule has 0 amide bonds. The summed E-state index contributed by atoms with van der Waals surface area (Å²) >= 11 is 5.52. The van der Waals surface area contributed by atoms with Crippen molar-refractivity contribution in [2.24, 2.45) is 0 Å². The number of allylic oxidation sites excluding steroid dienone is 1. The summed E-state index contributed by atoms with van der Waals surface area (Å²) in [6.45, 7) is 1.65. The molecule has 0 saturated carbocycles. The largest absolute Gasteiger partial charge is 0.312 e. The van der Waals surface area contributed by atoms with Gasteiger partial charge in [-0.05, 0) is 13.0 Å². The van der Waals surface area contributed by atoms with Crippen molar-refractivity contribution in [2.75, 3.05) is 7.05 Å². The van der Waals surface area contributed by atoms with Crippen molar-refractivity contribution in [1.82, 2.24) is 10.9 Å². The number of hydrazine groups is 1. The summed E-state index contributed by atoms with van der Waals surface area (Å²) in [5, 5.41) is 7.40. The zero-order valence-corrected chi connectivity index (χ0v) is 6.21. The lowest BCUT2D eigenvalue weighted by Crippen LogP contribution is -2.24. The third kappa shape index (κ3) is 5.33. The Kier molecular flexibility index (Phi) is 4.09. The first-order chi connectivity index (χ1) is 4.16. The van der Waals surface area contributed by atoms with Crippen LogP contribution in [0.15, 0.2) is 11.2 Å². The highest BCUT2D eigenvalue weighted by atomic mass is 35.5. The molecule has 0 aliphatic carbocycles. The van der Waals surface area contributed by atoms with Gasteiger partial charge in [-0.2, -0.15) is 0 Å². The van der Waals surface area contributed by atoms with Crippen LogP contribution in [0.4, 0.5) is 0 Å². The maximum Gasteiger partial charge on any atom is 0.118 e. The van der Waals surface area contributed by atoms with Crippen LogP contribution < -0.4 is 10.9 Å². The Morgan fingerprint density at radius 2 is 2.22 bits per heavy atom. The maximum atomic E-state index is 6.97. The van der Waals surface area contributed by atoms with Gasteiger partial charge in [-0.3, -0.25) is 0 Å². The summed E-state index contributed by atoms with van der Waals surface area (Å²) in [7, 11) is 1.70. The van der Waals surface area contributed by atoms with E-state index in [0.29, 0.717) is 10.9 Å². The first-order valence-corrected chi connectivity index (χ1v) is 2.89. The van der Waals surface area contributed by atoms with E-state index in [1.807, 2.05) is 0 Å².